The third-order valence-electron chi connectivity index (χ3n) is 5.13. The van der Waals surface area contributed by atoms with E-state index in [9.17, 15) is 13.2 Å². The van der Waals surface area contributed by atoms with Crippen molar-refractivity contribution in [2.45, 2.75) is 37.6 Å². The third-order valence-corrected chi connectivity index (χ3v) is 6.39. The molecule has 7 heteroatoms. The molecule has 3 rings (SSSR count). The molecule has 0 saturated carbocycles. The van der Waals surface area contributed by atoms with E-state index in [1.54, 1.807) is 37.3 Å². The van der Waals surface area contributed by atoms with Gasteiger partial charge >= 0.3 is 16.1 Å². The number of carbonyl (C=O) groups excluding carboxylic acids is 1. The fourth-order valence-electron chi connectivity index (χ4n) is 3.42. The van der Waals surface area contributed by atoms with Gasteiger partial charge in [0.15, 0.2) is 0 Å². The highest BCUT2D eigenvalue weighted by Crippen LogP contribution is 2.26. The normalized spacial score (nSPS) is 12.2. The molecular formula is C26H29NO5S. The van der Waals surface area contributed by atoms with Crippen molar-refractivity contribution in [3.63, 3.8) is 0 Å². The van der Waals surface area contributed by atoms with Gasteiger partial charge in [0, 0.05) is 19.0 Å². The van der Waals surface area contributed by atoms with E-state index in [4.69, 9.17) is 8.92 Å². The highest BCUT2D eigenvalue weighted by atomic mass is 32.2. The smallest absolute Gasteiger partial charge is 0.339 e. The highest BCUT2D eigenvalue weighted by Gasteiger charge is 2.20. The average molecular weight is 468 g/mol. The molecule has 0 radical (unpaired) electrons. The highest BCUT2D eigenvalue weighted by molar-refractivity contribution is 7.87. The minimum Gasteiger partial charge on any atom is -0.466 e. The minimum atomic E-state index is -3.96. The summed E-state index contributed by atoms with van der Waals surface area (Å²) >= 11 is 0. The van der Waals surface area contributed by atoms with Crippen molar-refractivity contribution in [1.82, 2.24) is 5.32 Å². The van der Waals surface area contributed by atoms with Gasteiger partial charge in [-0.15, -0.1) is 0 Å². The average Bonchev–Trinajstić information content (AvgIpc) is 2.79. The Morgan fingerprint density at radius 1 is 0.970 bits per heavy atom. The number of rotatable bonds is 11. The maximum absolute atomic E-state index is 12.7. The van der Waals surface area contributed by atoms with E-state index in [2.05, 4.69) is 5.32 Å². The third kappa shape index (κ3) is 7.44. The molecule has 174 valence electrons. The summed E-state index contributed by atoms with van der Waals surface area (Å²) in [5.74, 6) is -0.314. The van der Waals surface area contributed by atoms with Gasteiger partial charge in [-0.1, -0.05) is 60.2 Å². The van der Waals surface area contributed by atoms with E-state index < -0.39 is 10.1 Å². The Hall–Kier alpha value is -3.16. The van der Waals surface area contributed by atoms with Crippen molar-refractivity contribution in [1.29, 1.82) is 0 Å². The van der Waals surface area contributed by atoms with Crippen molar-refractivity contribution in [3.05, 3.63) is 95.6 Å². The fraction of sp³-hybridized carbons (Fsp3) is 0.269. The van der Waals surface area contributed by atoms with Crippen LogP contribution in [0.1, 0.15) is 36.0 Å². The van der Waals surface area contributed by atoms with Gasteiger partial charge in [0.05, 0.1) is 13.0 Å². The molecule has 1 atom stereocenters. The first-order chi connectivity index (χ1) is 15.9. The monoisotopic (exact) mass is 467 g/mol. The lowest BCUT2D eigenvalue weighted by molar-refractivity contribution is -0.143. The zero-order valence-corrected chi connectivity index (χ0v) is 19.7. The number of hydrogen-bond donors (Lipinski definition) is 1. The quantitative estimate of drug-likeness (QED) is 0.328. The van der Waals surface area contributed by atoms with Crippen LogP contribution in [-0.2, 0) is 26.2 Å². The van der Waals surface area contributed by atoms with Crippen molar-refractivity contribution in [3.8, 4) is 5.75 Å². The summed E-state index contributed by atoms with van der Waals surface area (Å²) in [6.07, 6.45) is 0.170. The van der Waals surface area contributed by atoms with Crippen molar-refractivity contribution in [2.75, 3.05) is 13.2 Å². The van der Waals surface area contributed by atoms with Crippen molar-refractivity contribution < 1.29 is 22.1 Å². The Bertz CT molecular complexity index is 1140. The summed E-state index contributed by atoms with van der Waals surface area (Å²) in [5.41, 5.74) is 2.88. The van der Waals surface area contributed by atoms with Crippen molar-refractivity contribution >= 4 is 16.1 Å². The van der Waals surface area contributed by atoms with Crippen LogP contribution >= 0.6 is 0 Å². The summed E-state index contributed by atoms with van der Waals surface area (Å²) < 4.78 is 35.9. The Morgan fingerprint density at radius 3 is 2.39 bits per heavy atom. The number of carbonyl (C=O) groups is 1. The second-order valence-corrected chi connectivity index (χ2v) is 9.29. The second kappa shape index (κ2) is 11.6. The maximum atomic E-state index is 12.7. The summed E-state index contributed by atoms with van der Waals surface area (Å²) in [5, 5.41) is 3.38. The number of hydrogen-bond acceptors (Lipinski definition) is 6. The molecule has 3 aromatic rings. The molecule has 0 saturated heterocycles. The van der Waals surface area contributed by atoms with Gasteiger partial charge < -0.3 is 14.2 Å². The Morgan fingerprint density at radius 2 is 1.70 bits per heavy atom. The summed E-state index contributed by atoms with van der Waals surface area (Å²) in [6.45, 7) is 5.13. The van der Waals surface area contributed by atoms with Crippen LogP contribution in [0.5, 0.6) is 5.75 Å². The minimum absolute atomic E-state index is 0.0890. The van der Waals surface area contributed by atoms with Crippen LogP contribution in [0.2, 0.25) is 0 Å². The molecule has 6 nitrogen and oxygen atoms in total. The molecule has 0 aliphatic heterocycles. The first-order valence-corrected chi connectivity index (χ1v) is 12.3. The summed E-state index contributed by atoms with van der Waals surface area (Å²) in [7, 11) is -3.96. The fourth-order valence-corrected chi connectivity index (χ4v) is 4.34. The molecule has 0 fully saturated rings. The molecule has 0 aliphatic carbocycles. The molecular weight excluding hydrogens is 438 g/mol. The van der Waals surface area contributed by atoms with Gasteiger partial charge in [-0.2, -0.15) is 8.42 Å². The van der Waals surface area contributed by atoms with Gasteiger partial charge in [0.2, 0.25) is 0 Å². The second-order valence-electron chi connectivity index (χ2n) is 7.75. The first kappa shape index (κ1) is 24.5. The van der Waals surface area contributed by atoms with E-state index in [0.717, 1.165) is 16.7 Å². The van der Waals surface area contributed by atoms with Gasteiger partial charge in [-0.3, -0.25) is 4.79 Å². The standard InChI is InChI=1S/C26H29NO5S/c1-3-31-26(28)17-23(19-27-18-21-8-5-4-6-9-21)22-10-7-11-24(16-22)32-33(29,30)25-14-12-20(2)13-15-25/h4-16,23,27H,3,17-19H2,1-2H3. The van der Waals surface area contributed by atoms with E-state index in [0.29, 0.717) is 19.7 Å². The zero-order valence-electron chi connectivity index (χ0n) is 18.9. The molecule has 3 aromatic carbocycles. The molecule has 0 aromatic heterocycles. The van der Waals surface area contributed by atoms with Crippen LogP contribution in [0, 0.1) is 6.92 Å². The van der Waals surface area contributed by atoms with Gasteiger partial charge in [0.25, 0.3) is 0 Å². The topological polar surface area (TPSA) is 81.7 Å². The van der Waals surface area contributed by atoms with E-state index in [-0.39, 0.29) is 29.0 Å². The number of benzene rings is 3. The first-order valence-electron chi connectivity index (χ1n) is 10.9. The van der Waals surface area contributed by atoms with Gasteiger partial charge in [-0.05, 0) is 49.2 Å². The molecule has 1 unspecified atom stereocenters. The van der Waals surface area contributed by atoms with Crippen molar-refractivity contribution in [2.24, 2.45) is 0 Å². The SMILES string of the molecule is CCOC(=O)CC(CNCc1ccccc1)c1cccc(OS(=O)(=O)c2ccc(C)cc2)c1. The Kier molecular flexibility index (Phi) is 8.63. The summed E-state index contributed by atoms with van der Waals surface area (Å²) in [6, 6.07) is 23.3. The Labute approximate surface area is 195 Å². The summed E-state index contributed by atoms with van der Waals surface area (Å²) in [4.78, 5) is 12.3. The number of nitrogens with one attached hydrogen (secondary N) is 1. The zero-order chi connectivity index (χ0) is 23.7. The molecule has 33 heavy (non-hydrogen) atoms. The molecule has 0 heterocycles. The van der Waals surface area contributed by atoms with E-state index >= 15 is 0 Å². The predicted octanol–water partition coefficient (Wildman–Crippen LogP) is 4.59. The van der Waals surface area contributed by atoms with Crippen LogP contribution in [-0.4, -0.2) is 27.5 Å². The largest absolute Gasteiger partial charge is 0.466 e. The number of esters is 1. The molecule has 0 spiro atoms. The van der Waals surface area contributed by atoms with Crippen LogP contribution in [0.25, 0.3) is 0 Å². The van der Waals surface area contributed by atoms with Gasteiger partial charge in [0.1, 0.15) is 10.6 Å². The predicted molar refractivity (Wildman–Crippen MR) is 128 cm³/mol. The van der Waals surface area contributed by atoms with Crippen LogP contribution in [0.3, 0.4) is 0 Å². The lowest BCUT2D eigenvalue weighted by Crippen LogP contribution is -2.24. The van der Waals surface area contributed by atoms with Crippen LogP contribution in [0.4, 0.5) is 0 Å². The van der Waals surface area contributed by atoms with Crippen LogP contribution in [0.15, 0.2) is 83.8 Å². The molecule has 0 amide bonds. The lowest BCUT2D eigenvalue weighted by Gasteiger charge is -2.18. The van der Waals surface area contributed by atoms with Gasteiger partial charge in [-0.25, -0.2) is 0 Å². The molecule has 1 N–H and O–H groups in total. The van der Waals surface area contributed by atoms with Crippen LogP contribution < -0.4 is 9.50 Å². The molecule has 0 aliphatic rings. The Balaban J connectivity index is 1.76. The maximum Gasteiger partial charge on any atom is 0.339 e. The number of aryl methyl sites for hydroxylation is 1. The lowest BCUT2D eigenvalue weighted by atomic mass is 9.95. The van der Waals surface area contributed by atoms with E-state index in [1.807, 2.05) is 43.3 Å². The molecule has 0 bridgehead atoms. The van der Waals surface area contributed by atoms with E-state index in [1.165, 1.54) is 12.1 Å². The number of ether oxygens (including phenoxy) is 1.